The van der Waals surface area contributed by atoms with Gasteiger partial charge in [-0.05, 0) is 49.5 Å². The van der Waals surface area contributed by atoms with Crippen LogP contribution in [-0.4, -0.2) is 10.9 Å². The number of hydrogen-bond donors (Lipinski definition) is 2. The van der Waals surface area contributed by atoms with Crippen molar-refractivity contribution >= 4 is 45.4 Å². The van der Waals surface area contributed by atoms with E-state index in [1.807, 2.05) is 43.3 Å². The summed E-state index contributed by atoms with van der Waals surface area (Å²) in [7, 11) is 0. The molecule has 20 heavy (non-hydrogen) atoms. The van der Waals surface area contributed by atoms with Crippen LogP contribution < -0.4 is 5.32 Å². The molecule has 5 heteroatoms. The molecule has 1 aromatic heterocycles. The fourth-order valence-electron chi connectivity index (χ4n) is 2.01. The molecular weight excluding hydrogens is 288 g/mol. The first-order valence-corrected chi connectivity index (χ1v) is 7.35. The number of aryl methyl sites for hydroxylation is 1. The second kappa shape index (κ2) is 5.19. The third kappa shape index (κ3) is 2.64. The normalized spacial score (nSPS) is 10.7. The van der Waals surface area contributed by atoms with Gasteiger partial charge in [-0.3, -0.25) is 4.79 Å². The highest BCUT2D eigenvalue weighted by molar-refractivity contribution is 7.73. The van der Waals surface area contributed by atoms with Gasteiger partial charge >= 0.3 is 0 Å². The number of nitrogens with one attached hydrogen (secondary N) is 2. The van der Waals surface area contributed by atoms with Gasteiger partial charge in [-0.15, -0.1) is 11.3 Å². The quantitative estimate of drug-likeness (QED) is 0.683. The van der Waals surface area contributed by atoms with E-state index in [0.29, 0.717) is 5.56 Å². The van der Waals surface area contributed by atoms with Crippen LogP contribution in [0, 0.1) is 10.9 Å². The smallest absolute Gasteiger partial charge is 0.255 e. The third-order valence-corrected chi connectivity index (χ3v) is 4.16. The van der Waals surface area contributed by atoms with Crippen molar-refractivity contribution in [2.75, 3.05) is 5.32 Å². The van der Waals surface area contributed by atoms with Crippen LogP contribution in [0.3, 0.4) is 0 Å². The molecule has 0 atom stereocenters. The molecule has 0 aliphatic carbocycles. The maximum Gasteiger partial charge on any atom is 0.255 e. The zero-order valence-corrected chi connectivity index (χ0v) is 12.4. The molecule has 1 heterocycles. The molecule has 2 aromatic carbocycles. The molecule has 2 N–H and O–H groups in total. The standard InChI is InChI=1S/C15H12N2OS2/c1-9-3-2-4-10(7-9)14(18)16-11-5-6-12-13(8-11)20-15(19)17-12/h2-8H,1H3,(H,16,18)(H,17,19). The van der Waals surface area contributed by atoms with Crippen LogP contribution in [0.5, 0.6) is 0 Å². The molecule has 3 rings (SSSR count). The van der Waals surface area contributed by atoms with Crippen molar-refractivity contribution in [3.8, 4) is 0 Å². The molecule has 100 valence electrons. The SMILES string of the molecule is Cc1cccc(C(=O)Nc2ccc3[nH]c(=S)sc3c2)c1. The summed E-state index contributed by atoms with van der Waals surface area (Å²) in [6, 6.07) is 13.2. The Kier molecular flexibility index (Phi) is 3.38. The first-order chi connectivity index (χ1) is 9.61. The van der Waals surface area contributed by atoms with Gasteiger partial charge in [0.05, 0.1) is 10.2 Å². The second-order valence-electron chi connectivity index (χ2n) is 4.55. The highest BCUT2D eigenvalue weighted by Crippen LogP contribution is 2.23. The van der Waals surface area contributed by atoms with Gasteiger partial charge in [0, 0.05) is 11.3 Å². The molecule has 0 aliphatic heterocycles. The number of anilines is 1. The average Bonchev–Trinajstić information content (AvgIpc) is 2.78. The summed E-state index contributed by atoms with van der Waals surface area (Å²) in [5, 5.41) is 2.91. The summed E-state index contributed by atoms with van der Waals surface area (Å²) >= 11 is 6.61. The molecular formula is C15H12N2OS2. The van der Waals surface area contributed by atoms with Gasteiger partial charge in [-0.2, -0.15) is 0 Å². The molecule has 0 spiro atoms. The number of carbonyl (C=O) groups excluding carboxylic acids is 1. The Morgan fingerprint density at radius 1 is 1.25 bits per heavy atom. The fourth-order valence-corrected chi connectivity index (χ4v) is 3.17. The van der Waals surface area contributed by atoms with E-state index in [4.69, 9.17) is 12.2 Å². The third-order valence-electron chi connectivity index (χ3n) is 2.96. The van der Waals surface area contributed by atoms with Crippen molar-refractivity contribution in [1.82, 2.24) is 4.98 Å². The van der Waals surface area contributed by atoms with Gasteiger partial charge in [0.1, 0.15) is 0 Å². The van der Waals surface area contributed by atoms with E-state index < -0.39 is 0 Å². The number of hydrogen-bond acceptors (Lipinski definition) is 3. The first kappa shape index (κ1) is 13.0. The van der Waals surface area contributed by atoms with Gasteiger partial charge in [-0.1, -0.05) is 17.7 Å². The van der Waals surface area contributed by atoms with Crippen molar-refractivity contribution in [1.29, 1.82) is 0 Å². The Morgan fingerprint density at radius 2 is 2.10 bits per heavy atom. The van der Waals surface area contributed by atoms with Gasteiger partial charge in [-0.25, -0.2) is 0 Å². The molecule has 0 fully saturated rings. The van der Waals surface area contributed by atoms with Crippen LogP contribution in [0.4, 0.5) is 5.69 Å². The Labute approximate surface area is 125 Å². The number of rotatable bonds is 2. The molecule has 0 aliphatic rings. The minimum Gasteiger partial charge on any atom is -0.337 e. The van der Waals surface area contributed by atoms with E-state index in [1.165, 1.54) is 11.3 Å². The summed E-state index contributed by atoms with van der Waals surface area (Å²) in [5.74, 6) is -0.104. The molecule has 3 nitrogen and oxygen atoms in total. The minimum absolute atomic E-state index is 0.104. The topological polar surface area (TPSA) is 44.9 Å². The van der Waals surface area contributed by atoms with Crippen LogP contribution in [0.1, 0.15) is 15.9 Å². The van der Waals surface area contributed by atoms with E-state index in [9.17, 15) is 4.79 Å². The molecule has 1 amide bonds. The summed E-state index contributed by atoms with van der Waals surface area (Å²) in [6.07, 6.45) is 0. The Morgan fingerprint density at radius 3 is 2.90 bits per heavy atom. The minimum atomic E-state index is -0.104. The highest BCUT2D eigenvalue weighted by atomic mass is 32.1. The van der Waals surface area contributed by atoms with Crippen molar-refractivity contribution < 1.29 is 4.79 Å². The lowest BCUT2D eigenvalue weighted by Crippen LogP contribution is -2.11. The number of aromatic amines is 1. The van der Waals surface area contributed by atoms with E-state index >= 15 is 0 Å². The summed E-state index contributed by atoms with van der Waals surface area (Å²) < 4.78 is 1.78. The molecule has 0 radical (unpaired) electrons. The summed E-state index contributed by atoms with van der Waals surface area (Å²) in [4.78, 5) is 15.3. The molecule has 0 bridgehead atoms. The molecule has 3 aromatic rings. The van der Waals surface area contributed by atoms with Crippen LogP contribution in [0.25, 0.3) is 10.2 Å². The van der Waals surface area contributed by atoms with E-state index in [0.717, 1.165) is 25.4 Å². The predicted molar refractivity (Wildman–Crippen MR) is 86.1 cm³/mol. The number of carbonyl (C=O) groups is 1. The van der Waals surface area contributed by atoms with Gasteiger partial charge < -0.3 is 10.3 Å². The number of fused-ring (bicyclic) bond motifs is 1. The van der Waals surface area contributed by atoms with Crippen molar-refractivity contribution in [2.24, 2.45) is 0 Å². The van der Waals surface area contributed by atoms with E-state index in [-0.39, 0.29) is 5.91 Å². The molecule has 0 saturated carbocycles. The lowest BCUT2D eigenvalue weighted by Gasteiger charge is -2.05. The average molecular weight is 300 g/mol. The van der Waals surface area contributed by atoms with Crippen LogP contribution in [-0.2, 0) is 0 Å². The highest BCUT2D eigenvalue weighted by Gasteiger charge is 2.07. The van der Waals surface area contributed by atoms with Crippen LogP contribution >= 0.6 is 23.6 Å². The summed E-state index contributed by atoms with van der Waals surface area (Å²) in [6.45, 7) is 1.97. The zero-order chi connectivity index (χ0) is 14.1. The lowest BCUT2D eigenvalue weighted by atomic mass is 10.1. The Hall–Kier alpha value is -1.98. The molecule has 0 unspecified atom stereocenters. The molecule has 0 saturated heterocycles. The number of aromatic nitrogens is 1. The summed E-state index contributed by atoms with van der Waals surface area (Å²) in [5.41, 5.74) is 3.49. The fraction of sp³-hybridized carbons (Fsp3) is 0.0667. The van der Waals surface area contributed by atoms with E-state index in [1.54, 1.807) is 6.07 Å². The van der Waals surface area contributed by atoms with Crippen LogP contribution in [0.15, 0.2) is 42.5 Å². The Bertz CT molecular complexity index is 848. The number of amides is 1. The van der Waals surface area contributed by atoms with E-state index in [2.05, 4.69) is 10.3 Å². The van der Waals surface area contributed by atoms with Crippen molar-refractivity contribution in [2.45, 2.75) is 6.92 Å². The maximum absolute atomic E-state index is 12.2. The monoisotopic (exact) mass is 300 g/mol. The van der Waals surface area contributed by atoms with Crippen molar-refractivity contribution in [3.05, 3.63) is 57.5 Å². The Balaban J connectivity index is 1.88. The van der Waals surface area contributed by atoms with Gasteiger partial charge in [0.25, 0.3) is 5.91 Å². The second-order valence-corrected chi connectivity index (χ2v) is 6.27. The maximum atomic E-state index is 12.2. The van der Waals surface area contributed by atoms with Crippen LogP contribution in [0.2, 0.25) is 0 Å². The first-order valence-electron chi connectivity index (χ1n) is 6.13. The number of H-pyrrole nitrogens is 1. The predicted octanol–water partition coefficient (Wildman–Crippen LogP) is 4.52. The van der Waals surface area contributed by atoms with Gasteiger partial charge in [0.15, 0.2) is 3.95 Å². The number of benzene rings is 2. The number of thiazole rings is 1. The lowest BCUT2D eigenvalue weighted by molar-refractivity contribution is 0.102. The zero-order valence-electron chi connectivity index (χ0n) is 10.8. The largest absolute Gasteiger partial charge is 0.337 e. The van der Waals surface area contributed by atoms with Crippen molar-refractivity contribution in [3.63, 3.8) is 0 Å². The van der Waals surface area contributed by atoms with Gasteiger partial charge in [0.2, 0.25) is 0 Å².